The van der Waals surface area contributed by atoms with E-state index in [2.05, 4.69) is 23.3 Å². The largest absolute Gasteiger partial charge is 0.508 e. The number of hydrogen-bond acceptors (Lipinski definition) is 6. The topological polar surface area (TPSA) is 108 Å². The average molecular weight is 516 g/mol. The second-order valence-corrected chi connectivity index (χ2v) is 10.1. The molecule has 0 heterocycles. The number of amides is 3. The third kappa shape index (κ3) is 7.40. The number of rotatable bonds is 8. The Bertz CT molecular complexity index is 1090. The van der Waals surface area contributed by atoms with Crippen LogP contribution in [0.5, 0.6) is 5.75 Å². The van der Waals surface area contributed by atoms with Gasteiger partial charge in [-0.05, 0) is 82.9 Å². The van der Waals surface area contributed by atoms with Gasteiger partial charge >= 0.3 is 6.09 Å². The minimum absolute atomic E-state index is 0.00836. The van der Waals surface area contributed by atoms with Crippen LogP contribution in [0, 0.1) is 20.8 Å². The molecule has 0 fully saturated rings. The Morgan fingerprint density at radius 3 is 2.17 bits per heavy atom. The molecule has 0 aliphatic heterocycles. The molecule has 2 atom stereocenters. The molecule has 0 bridgehead atoms. The number of phenolic OH excluding ortho intramolecular Hbond substituents is 1. The molecule has 2 aromatic carbocycles. The molecular weight excluding hydrogens is 478 g/mol. The Kier molecular flexibility index (Phi) is 9.81. The van der Waals surface area contributed by atoms with E-state index in [-0.39, 0.29) is 18.0 Å². The van der Waals surface area contributed by atoms with Crippen LogP contribution < -0.4 is 10.6 Å². The average Bonchev–Trinajstić information content (AvgIpc) is 2.78. The van der Waals surface area contributed by atoms with Crippen LogP contribution in [0.3, 0.4) is 0 Å². The van der Waals surface area contributed by atoms with Crippen molar-refractivity contribution in [2.45, 2.75) is 66.2 Å². The van der Waals surface area contributed by atoms with Gasteiger partial charge in [0.15, 0.2) is 0 Å². The van der Waals surface area contributed by atoms with Crippen LogP contribution in [0.25, 0.3) is 0 Å². The van der Waals surface area contributed by atoms with E-state index in [9.17, 15) is 19.5 Å². The van der Waals surface area contributed by atoms with Crippen LogP contribution in [0.15, 0.2) is 36.4 Å². The molecule has 9 heteroatoms. The minimum Gasteiger partial charge on any atom is -0.508 e. The number of likely N-dealkylation sites (N-methyl/N-ethyl adjacent to an activating group) is 1. The highest BCUT2D eigenvalue weighted by molar-refractivity contribution is 7.80. The predicted molar refractivity (Wildman–Crippen MR) is 145 cm³/mol. The first-order chi connectivity index (χ1) is 16.8. The Hall–Kier alpha value is -3.20. The van der Waals surface area contributed by atoms with Crippen LogP contribution in [0.1, 0.15) is 56.0 Å². The molecule has 0 radical (unpaired) electrons. The first-order valence-corrected chi connectivity index (χ1v) is 12.5. The molecule has 0 saturated carbocycles. The molecule has 2 rings (SSSR count). The monoisotopic (exact) mass is 515 g/mol. The number of carbonyl (C=O) groups is 3. The number of hydrogen-bond donors (Lipinski definition) is 4. The third-order valence-electron chi connectivity index (χ3n) is 5.62. The quantitative estimate of drug-likeness (QED) is 0.382. The van der Waals surface area contributed by atoms with E-state index in [0.717, 1.165) is 11.1 Å². The molecule has 3 N–H and O–H groups in total. The Morgan fingerprint density at radius 1 is 1.06 bits per heavy atom. The van der Waals surface area contributed by atoms with Crippen molar-refractivity contribution in [3.8, 4) is 5.75 Å². The molecule has 196 valence electrons. The van der Waals surface area contributed by atoms with Crippen LogP contribution in [0.2, 0.25) is 0 Å². The van der Waals surface area contributed by atoms with Gasteiger partial charge in [-0.2, -0.15) is 12.6 Å². The van der Waals surface area contributed by atoms with Gasteiger partial charge in [0, 0.05) is 18.0 Å². The summed E-state index contributed by atoms with van der Waals surface area (Å²) in [6.07, 6.45) is -0.747. The first kappa shape index (κ1) is 29.0. The van der Waals surface area contributed by atoms with Gasteiger partial charge in [-0.15, -0.1) is 0 Å². The number of alkyl carbamates (subject to hydrolysis) is 1. The highest BCUT2D eigenvalue weighted by Crippen LogP contribution is 2.29. The lowest BCUT2D eigenvalue weighted by atomic mass is 9.99. The summed E-state index contributed by atoms with van der Waals surface area (Å²) < 4.78 is 5.30. The summed E-state index contributed by atoms with van der Waals surface area (Å²) in [6, 6.07) is 8.45. The zero-order valence-corrected chi connectivity index (χ0v) is 22.9. The molecule has 0 aliphatic carbocycles. The number of aryl methyl sites for hydroxylation is 3. The molecule has 0 saturated heterocycles. The van der Waals surface area contributed by atoms with Gasteiger partial charge in [0.2, 0.25) is 5.91 Å². The molecule has 0 aromatic heterocycles. The standard InChI is InChI=1S/C27H37N3O5S/c1-8-30(25(33)20(15-36)28-26(34)35-27(5,6)7)23(19-12-13-21(31)18(4)14-19)24(32)29-22-16(2)10-9-11-17(22)3/h9-14,20,23,31,36H,8,15H2,1-7H3,(H,28,34)(H,29,32). The van der Waals surface area contributed by atoms with Gasteiger partial charge in [0.1, 0.15) is 23.4 Å². The third-order valence-corrected chi connectivity index (χ3v) is 5.99. The number of aromatic hydroxyl groups is 1. The van der Waals surface area contributed by atoms with E-state index in [1.807, 2.05) is 32.0 Å². The summed E-state index contributed by atoms with van der Waals surface area (Å²) in [7, 11) is 0. The first-order valence-electron chi connectivity index (χ1n) is 11.9. The molecular formula is C27H37N3O5S. The minimum atomic E-state index is -1.02. The molecule has 0 spiro atoms. The van der Waals surface area contributed by atoms with Crippen LogP contribution >= 0.6 is 12.6 Å². The van der Waals surface area contributed by atoms with Gasteiger partial charge in [-0.3, -0.25) is 9.59 Å². The number of nitrogens with one attached hydrogen (secondary N) is 2. The summed E-state index contributed by atoms with van der Waals surface area (Å²) in [5.41, 5.74) is 2.80. The van der Waals surface area contributed by atoms with Crippen LogP contribution in [-0.2, 0) is 14.3 Å². The molecule has 36 heavy (non-hydrogen) atoms. The number of ether oxygens (including phenoxy) is 1. The summed E-state index contributed by atoms with van der Waals surface area (Å²) in [5, 5.41) is 15.6. The highest BCUT2D eigenvalue weighted by atomic mass is 32.1. The zero-order valence-electron chi connectivity index (χ0n) is 22.0. The SMILES string of the molecule is CCN(C(=O)C(CS)NC(=O)OC(C)(C)C)C(C(=O)Nc1c(C)cccc1C)c1ccc(O)c(C)c1. The molecule has 2 aromatic rings. The summed E-state index contributed by atoms with van der Waals surface area (Å²) in [4.78, 5) is 41.1. The lowest BCUT2D eigenvalue weighted by Gasteiger charge is -2.33. The van der Waals surface area contributed by atoms with Gasteiger partial charge < -0.3 is 25.4 Å². The molecule has 3 amide bonds. The van der Waals surface area contributed by atoms with E-state index >= 15 is 0 Å². The maximum atomic E-state index is 13.7. The zero-order chi connectivity index (χ0) is 27.2. The van der Waals surface area contributed by atoms with E-state index < -0.39 is 35.6 Å². The summed E-state index contributed by atoms with van der Waals surface area (Å²) in [5.74, 6) is -0.801. The van der Waals surface area contributed by atoms with Crippen molar-refractivity contribution < 1.29 is 24.2 Å². The normalized spacial score (nSPS) is 12.9. The molecule has 0 aliphatic rings. The van der Waals surface area contributed by atoms with E-state index in [1.54, 1.807) is 46.8 Å². The van der Waals surface area contributed by atoms with Crippen molar-refractivity contribution >= 4 is 36.2 Å². The van der Waals surface area contributed by atoms with Gasteiger partial charge in [-0.1, -0.05) is 24.3 Å². The fourth-order valence-electron chi connectivity index (χ4n) is 3.83. The van der Waals surface area contributed by atoms with E-state index in [0.29, 0.717) is 16.8 Å². The smallest absolute Gasteiger partial charge is 0.408 e. The summed E-state index contributed by atoms with van der Waals surface area (Å²) in [6.45, 7) is 12.6. The Morgan fingerprint density at radius 2 is 1.67 bits per heavy atom. The second-order valence-electron chi connectivity index (χ2n) is 9.71. The van der Waals surface area contributed by atoms with Gasteiger partial charge in [0.25, 0.3) is 5.91 Å². The lowest BCUT2D eigenvalue weighted by molar-refractivity contribution is -0.140. The number of benzene rings is 2. The van der Waals surface area contributed by atoms with Crippen molar-refractivity contribution in [2.24, 2.45) is 0 Å². The highest BCUT2D eigenvalue weighted by Gasteiger charge is 2.35. The van der Waals surface area contributed by atoms with Crippen molar-refractivity contribution in [1.29, 1.82) is 0 Å². The van der Waals surface area contributed by atoms with Crippen molar-refractivity contribution in [3.63, 3.8) is 0 Å². The van der Waals surface area contributed by atoms with Crippen molar-refractivity contribution in [2.75, 3.05) is 17.6 Å². The Labute approximate surface area is 218 Å². The number of nitrogens with zero attached hydrogens (tertiary/aromatic N) is 1. The lowest BCUT2D eigenvalue weighted by Crippen LogP contribution is -2.53. The maximum absolute atomic E-state index is 13.7. The number of thiol groups is 1. The van der Waals surface area contributed by atoms with Crippen LogP contribution in [-0.4, -0.2) is 51.9 Å². The number of carbonyl (C=O) groups excluding carboxylic acids is 3. The maximum Gasteiger partial charge on any atom is 0.408 e. The van der Waals surface area contributed by atoms with Gasteiger partial charge in [0.05, 0.1) is 0 Å². The van der Waals surface area contributed by atoms with E-state index in [1.165, 1.54) is 11.0 Å². The summed E-state index contributed by atoms with van der Waals surface area (Å²) >= 11 is 4.27. The number of phenols is 1. The fraction of sp³-hybridized carbons (Fsp3) is 0.444. The van der Waals surface area contributed by atoms with E-state index in [4.69, 9.17) is 4.74 Å². The Balaban J connectivity index is 2.47. The van der Waals surface area contributed by atoms with Crippen LogP contribution in [0.4, 0.5) is 10.5 Å². The number of anilines is 1. The van der Waals surface area contributed by atoms with Crippen molar-refractivity contribution in [3.05, 3.63) is 58.7 Å². The molecule has 8 nitrogen and oxygen atoms in total. The predicted octanol–water partition coefficient (Wildman–Crippen LogP) is 4.67. The van der Waals surface area contributed by atoms with Gasteiger partial charge in [-0.25, -0.2) is 4.79 Å². The second kappa shape index (κ2) is 12.2. The van der Waals surface area contributed by atoms with Crippen molar-refractivity contribution in [1.82, 2.24) is 10.2 Å². The number of para-hydroxylation sites is 1. The molecule has 2 unspecified atom stereocenters. The fourth-order valence-corrected chi connectivity index (χ4v) is 4.07.